The number of hydrogen-bond donors (Lipinski definition) is 1. The van der Waals surface area contributed by atoms with Crippen LogP contribution in [-0.4, -0.2) is 51.9 Å². The van der Waals surface area contributed by atoms with Crippen molar-refractivity contribution in [1.82, 2.24) is 9.62 Å². The lowest BCUT2D eigenvalue weighted by atomic mass is 9.84. The van der Waals surface area contributed by atoms with Gasteiger partial charge in [-0.3, -0.25) is 4.90 Å². The summed E-state index contributed by atoms with van der Waals surface area (Å²) in [5.41, 5.74) is 0. The number of nitrogens with one attached hydrogen (secondary N) is 1. The SMILES string of the molecule is CS(=O)(=O)NC[C@@H]1OC[C@H]2CCN(Cc3ccco3)C[C@H]21. The zero-order chi connectivity index (χ0) is 14.9. The minimum absolute atomic E-state index is 0.0240. The summed E-state index contributed by atoms with van der Waals surface area (Å²) in [4.78, 5) is 2.36. The smallest absolute Gasteiger partial charge is 0.208 e. The van der Waals surface area contributed by atoms with Crippen LogP contribution < -0.4 is 4.72 Å². The molecule has 2 aliphatic heterocycles. The van der Waals surface area contributed by atoms with Gasteiger partial charge in [0.1, 0.15) is 5.76 Å². The Balaban J connectivity index is 1.58. The van der Waals surface area contributed by atoms with E-state index in [1.807, 2.05) is 12.1 Å². The van der Waals surface area contributed by atoms with Gasteiger partial charge >= 0.3 is 0 Å². The van der Waals surface area contributed by atoms with Crippen molar-refractivity contribution >= 4 is 10.0 Å². The van der Waals surface area contributed by atoms with Crippen LogP contribution in [0.25, 0.3) is 0 Å². The molecule has 0 aromatic carbocycles. The molecule has 21 heavy (non-hydrogen) atoms. The minimum Gasteiger partial charge on any atom is -0.468 e. The average Bonchev–Trinajstić information content (AvgIpc) is 3.05. The summed E-state index contributed by atoms with van der Waals surface area (Å²) < 4.78 is 36.2. The molecule has 0 bridgehead atoms. The molecule has 1 N–H and O–H groups in total. The third-order valence-electron chi connectivity index (χ3n) is 4.40. The Labute approximate surface area is 125 Å². The summed E-state index contributed by atoms with van der Waals surface area (Å²) in [7, 11) is -3.16. The molecule has 0 spiro atoms. The predicted octanol–water partition coefficient (Wildman–Crippen LogP) is 0.666. The fraction of sp³-hybridized carbons (Fsp3) is 0.714. The van der Waals surface area contributed by atoms with Crippen LogP contribution in [0.4, 0.5) is 0 Å². The van der Waals surface area contributed by atoms with Crippen LogP contribution in [0.15, 0.2) is 22.8 Å². The second-order valence-corrected chi connectivity index (χ2v) is 7.85. The number of likely N-dealkylation sites (tertiary alicyclic amines) is 1. The van der Waals surface area contributed by atoms with Crippen molar-refractivity contribution in [3.05, 3.63) is 24.2 Å². The summed E-state index contributed by atoms with van der Waals surface area (Å²) in [5, 5.41) is 0. The van der Waals surface area contributed by atoms with E-state index in [-0.39, 0.29) is 6.10 Å². The van der Waals surface area contributed by atoms with Gasteiger partial charge in [0.2, 0.25) is 10.0 Å². The van der Waals surface area contributed by atoms with Gasteiger partial charge in [0.25, 0.3) is 0 Å². The lowest BCUT2D eigenvalue weighted by molar-refractivity contribution is 0.0757. The fourth-order valence-corrected chi connectivity index (χ4v) is 3.78. The van der Waals surface area contributed by atoms with Crippen molar-refractivity contribution in [3.8, 4) is 0 Å². The van der Waals surface area contributed by atoms with Crippen LogP contribution in [0.5, 0.6) is 0 Å². The quantitative estimate of drug-likeness (QED) is 0.865. The molecular weight excluding hydrogens is 292 g/mol. The van der Waals surface area contributed by atoms with E-state index in [1.165, 1.54) is 6.26 Å². The maximum atomic E-state index is 11.2. The summed E-state index contributed by atoms with van der Waals surface area (Å²) >= 11 is 0. The molecule has 3 atom stereocenters. The van der Waals surface area contributed by atoms with Crippen molar-refractivity contribution in [2.75, 3.05) is 32.5 Å². The van der Waals surface area contributed by atoms with Crippen LogP contribution in [0.3, 0.4) is 0 Å². The van der Waals surface area contributed by atoms with E-state index in [4.69, 9.17) is 9.15 Å². The monoisotopic (exact) mass is 314 g/mol. The molecule has 118 valence electrons. The van der Waals surface area contributed by atoms with Gasteiger partial charge < -0.3 is 9.15 Å². The maximum absolute atomic E-state index is 11.2. The van der Waals surface area contributed by atoms with E-state index in [9.17, 15) is 8.42 Å². The van der Waals surface area contributed by atoms with E-state index in [0.29, 0.717) is 18.4 Å². The first-order valence-electron chi connectivity index (χ1n) is 7.32. The molecule has 0 amide bonds. The molecule has 1 aromatic rings. The Morgan fingerprint density at radius 2 is 2.33 bits per heavy atom. The van der Waals surface area contributed by atoms with Crippen molar-refractivity contribution in [2.24, 2.45) is 11.8 Å². The van der Waals surface area contributed by atoms with Gasteiger partial charge in [-0.15, -0.1) is 0 Å². The highest BCUT2D eigenvalue weighted by Crippen LogP contribution is 2.34. The third kappa shape index (κ3) is 3.85. The van der Waals surface area contributed by atoms with E-state index in [0.717, 1.165) is 38.4 Å². The Kier molecular flexibility index (Phi) is 4.35. The van der Waals surface area contributed by atoms with Crippen LogP contribution in [0, 0.1) is 11.8 Å². The molecule has 3 rings (SSSR count). The van der Waals surface area contributed by atoms with Gasteiger partial charge in [0.05, 0.1) is 31.8 Å². The summed E-state index contributed by atoms with van der Waals surface area (Å²) in [6.45, 7) is 3.89. The zero-order valence-corrected chi connectivity index (χ0v) is 13.0. The Hall–Kier alpha value is -0.890. The number of ether oxygens (including phenoxy) is 1. The Bertz CT molecular complexity index is 558. The molecule has 6 nitrogen and oxygen atoms in total. The van der Waals surface area contributed by atoms with Crippen molar-refractivity contribution in [2.45, 2.75) is 19.1 Å². The second-order valence-electron chi connectivity index (χ2n) is 6.02. The number of furan rings is 1. The highest BCUT2D eigenvalue weighted by molar-refractivity contribution is 7.88. The highest BCUT2D eigenvalue weighted by Gasteiger charge is 2.40. The highest BCUT2D eigenvalue weighted by atomic mass is 32.2. The number of rotatable bonds is 5. The summed E-state index contributed by atoms with van der Waals surface area (Å²) in [6, 6.07) is 3.89. The van der Waals surface area contributed by atoms with Gasteiger partial charge in [-0.2, -0.15) is 0 Å². The number of fused-ring (bicyclic) bond motifs is 1. The van der Waals surface area contributed by atoms with Crippen LogP contribution in [-0.2, 0) is 21.3 Å². The Morgan fingerprint density at radius 1 is 1.48 bits per heavy atom. The molecule has 1 aromatic heterocycles. The lowest BCUT2D eigenvalue weighted by Gasteiger charge is -2.35. The van der Waals surface area contributed by atoms with Crippen LogP contribution >= 0.6 is 0 Å². The number of hydrogen-bond acceptors (Lipinski definition) is 5. The molecule has 3 heterocycles. The molecule has 7 heteroatoms. The van der Waals surface area contributed by atoms with E-state index in [1.54, 1.807) is 6.26 Å². The number of piperidine rings is 1. The zero-order valence-electron chi connectivity index (χ0n) is 12.2. The number of nitrogens with zero attached hydrogens (tertiary/aromatic N) is 1. The van der Waals surface area contributed by atoms with Crippen molar-refractivity contribution in [1.29, 1.82) is 0 Å². The van der Waals surface area contributed by atoms with Gasteiger partial charge in [-0.1, -0.05) is 0 Å². The average molecular weight is 314 g/mol. The lowest BCUT2D eigenvalue weighted by Crippen LogP contribution is -2.44. The van der Waals surface area contributed by atoms with Crippen LogP contribution in [0.2, 0.25) is 0 Å². The molecule has 0 radical (unpaired) electrons. The van der Waals surface area contributed by atoms with Gasteiger partial charge in [-0.05, 0) is 31.0 Å². The van der Waals surface area contributed by atoms with E-state index in [2.05, 4.69) is 9.62 Å². The Morgan fingerprint density at radius 3 is 3.05 bits per heavy atom. The third-order valence-corrected chi connectivity index (χ3v) is 5.09. The molecule has 2 aliphatic rings. The summed E-state index contributed by atoms with van der Waals surface area (Å²) in [6.07, 6.45) is 3.95. The normalized spacial score (nSPS) is 30.4. The molecule has 0 saturated carbocycles. The molecule has 2 saturated heterocycles. The molecule has 2 fully saturated rings. The first-order valence-corrected chi connectivity index (χ1v) is 9.21. The minimum atomic E-state index is -3.16. The van der Waals surface area contributed by atoms with Crippen molar-refractivity contribution < 1.29 is 17.6 Å². The molecule has 0 aliphatic carbocycles. The summed E-state index contributed by atoms with van der Waals surface area (Å²) in [5.74, 6) is 1.91. The topological polar surface area (TPSA) is 71.8 Å². The van der Waals surface area contributed by atoms with Crippen molar-refractivity contribution in [3.63, 3.8) is 0 Å². The second kappa shape index (κ2) is 6.08. The van der Waals surface area contributed by atoms with E-state index >= 15 is 0 Å². The standard InChI is InChI=1S/C14H22N2O4S/c1-21(17,18)15-7-14-13-9-16(5-4-11(13)10-20-14)8-12-3-2-6-19-12/h2-3,6,11,13-15H,4-5,7-10H2,1H3/t11-,13-,14+/m1/s1. The first kappa shape index (κ1) is 15.0. The molecular formula is C14H22N2O4S. The van der Waals surface area contributed by atoms with E-state index < -0.39 is 10.0 Å². The van der Waals surface area contributed by atoms with Crippen LogP contribution in [0.1, 0.15) is 12.2 Å². The maximum Gasteiger partial charge on any atom is 0.208 e. The fourth-order valence-electron chi connectivity index (χ4n) is 3.31. The molecule has 0 unspecified atom stereocenters. The van der Waals surface area contributed by atoms with Gasteiger partial charge in [0.15, 0.2) is 0 Å². The number of sulfonamides is 1. The van der Waals surface area contributed by atoms with Gasteiger partial charge in [0, 0.05) is 19.0 Å². The van der Waals surface area contributed by atoms with Gasteiger partial charge in [-0.25, -0.2) is 13.1 Å². The largest absolute Gasteiger partial charge is 0.468 e. The first-order chi connectivity index (χ1) is 10.0. The predicted molar refractivity (Wildman–Crippen MR) is 78.2 cm³/mol.